The fourth-order valence-corrected chi connectivity index (χ4v) is 3.94. The molecule has 0 spiro atoms. The number of halogens is 1. The summed E-state index contributed by atoms with van der Waals surface area (Å²) >= 11 is 0. The van der Waals surface area contributed by atoms with Crippen molar-refractivity contribution in [1.82, 2.24) is 25.1 Å². The van der Waals surface area contributed by atoms with Gasteiger partial charge < -0.3 is 9.47 Å². The van der Waals surface area contributed by atoms with E-state index in [1.165, 1.54) is 17.7 Å². The second-order valence-corrected chi connectivity index (χ2v) is 7.36. The number of hydrogen-bond donors (Lipinski definition) is 0. The molecule has 0 radical (unpaired) electrons. The first-order valence-corrected chi connectivity index (χ1v) is 9.94. The van der Waals surface area contributed by atoms with E-state index >= 15 is 0 Å². The molecule has 0 unspecified atom stereocenters. The average molecular weight is 395 g/mol. The van der Waals surface area contributed by atoms with Gasteiger partial charge in [-0.1, -0.05) is 6.07 Å². The molecule has 2 aliphatic heterocycles. The number of fused-ring (bicyclic) bond motifs is 1. The maximum Gasteiger partial charge on any atom is 0.204 e. The number of nitrogens with zero attached hydrogens (tertiary/aromatic N) is 5. The third kappa shape index (κ3) is 3.80. The maximum atomic E-state index is 13.1. The average Bonchev–Trinajstić information content (AvgIpc) is 3.33. The van der Waals surface area contributed by atoms with Crippen molar-refractivity contribution in [3.63, 3.8) is 0 Å². The second-order valence-electron chi connectivity index (χ2n) is 7.36. The van der Waals surface area contributed by atoms with Crippen molar-refractivity contribution in [1.29, 1.82) is 0 Å². The highest BCUT2D eigenvalue weighted by Gasteiger charge is 2.28. The zero-order valence-electron chi connectivity index (χ0n) is 16.0. The number of aromatic nitrogens is 4. The summed E-state index contributed by atoms with van der Waals surface area (Å²) < 4.78 is 24.7. The molecule has 3 heterocycles. The highest BCUT2D eigenvalue weighted by molar-refractivity contribution is 5.53. The standard InChI is InChI=1S/C21H22FN5O2/c22-17-7-4-15(5-8-17)21-23-25-27(24-21)14-26-10-1-3-18(26)16-6-9-19-20(13-16)29-12-2-11-28-19/h4-9,13,18H,1-3,10-12,14H2/t18-/m1/s1. The minimum Gasteiger partial charge on any atom is -0.490 e. The van der Waals surface area contributed by atoms with Crippen molar-refractivity contribution in [3.05, 3.63) is 53.8 Å². The van der Waals surface area contributed by atoms with E-state index < -0.39 is 0 Å². The summed E-state index contributed by atoms with van der Waals surface area (Å²) in [5.41, 5.74) is 1.96. The summed E-state index contributed by atoms with van der Waals surface area (Å²) in [5.74, 6) is 1.86. The lowest BCUT2D eigenvalue weighted by Crippen LogP contribution is -2.27. The van der Waals surface area contributed by atoms with Gasteiger partial charge in [-0.3, -0.25) is 4.90 Å². The first kappa shape index (κ1) is 18.1. The number of tetrazole rings is 1. The monoisotopic (exact) mass is 395 g/mol. The summed E-state index contributed by atoms with van der Waals surface area (Å²) in [6.45, 7) is 2.88. The van der Waals surface area contributed by atoms with E-state index in [9.17, 15) is 4.39 Å². The first-order valence-electron chi connectivity index (χ1n) is 9.94. The van der Waals surface area contributed by atoms with Gasteiger partial charge >= 0.3 is 0 Å². The van der Waals surface area contributed by atoms with Crippen molar-refractivity contribution in [3.8, 4) is 22.9 Å². The fraction of sp³-hybridized carbons (Fsp3) is 0.381. The molecule has 7 nitrogen and oxygen atoms in total. The molecule has 1 fully saturated rings. The lowest BCUT2D eigenvalue weighted by molar-refractivity contribution is 0.177. The number of likely N-dealkylation sites (tertiary alicyclic amines) is 1. The number of benzene rings is 2. The van der Waals surface area contributed by atoms with E-state index in [-0.39, 0.29) is 11.9 Å². The molecule has 0 saturated carbocycles. The minimum absolute atomic E-state index is 0.271. The fourth-order valence-electron chi connectivity index (χ4n) is 3.94. The Labute approximate surface area is 168 Å². The molecule has 0 bridgehead atoms. The smallest absolute Gasteiger partial charge is 0.204 e. The van der Waals surface area contributed by atoms with Crippen LogP contribution in [0.5, 0.6) is 11.5 Å². The van der Waals surface area contributed by atoms with Crippen LogP contribution in [0, 0.1) is 5.82 Å². The van der Waals surface area contributed by atoms with Gasteiger partial charge in [0, 0.05) is 24.6 Å². The van der Waals surface area contributed by atoms with Crippen LogP contribution in [0.4, 0.5) is 4.39 Å². The Morgan fingerprint density at radius 2 is 1.83 bits per heavy atom. The van der Waals surface area contributed by atoms with Crippen LogP contribution in [0.15, 0.2) is 42.5 Å². The van der Waals surface area contributed by atoms with Gasteiger partial charge in [0.05, 0.1) is 13.2 Å². The molecule has 8 heteroatoms. The van der Waals surface area contributed by atoms with E-state index in [0.29, 0.717) is 25.7 Å². The lowest BCUT2D eigenvalue weighted by Gasteiger charge is -2.24. The van der Waals surface area contributed by atoms with Crippen molar-refractivity contribution < 1.29 is 13.9 Å². The van der Waals surface area contributed by atoms with Crippen LogP contribution in [0.1, 0.15) is 30.9 Å². The van der Waals surface area contributed by atoms with E-state index in [4.69, 9.17) is 9.47 Å². The summed E-state index contributed by atoms with van der Waals surface area (Å²) in [6, 6.07) is 12.6. The molecule has 0 N–H and O–H groups in total. The lowest BCUT2D eigenvalue weighted by atomic mass is 10.0. The Bertz CT molecular complexity index is 991. The summed E-state index contributed by atoms with van der Waals surface area (Å²) in [7, 11) is 0. The van der Waals surface area contributed by atoms with Gasteiger partial charge in [-0.2, -0.15) is 0 Å². The molecule has 1 atom stereocenters. The molecular weight excluding hydrogens is 373 g/mol. The third-order valence-corrected chi connectivity index (χ3v) is 5.38. The Balaban J connectivity index is 1.33. The normalized spacial score (nSPS) is 19.3. The Morgan fingerprint density at radius 3 is 2.69 bits per heavy atom. The van der Waals surface area contributed by atoms with Gasteiger partial charge in [0.15, 0.2) is 11.5 Å². The van der Waals surface area contributed by atoms with Gasteiger partial charge in [-0.25, -0.2) is 4.39 Å². The first-order chi connectivity index (χ1) is 14.3. The molecule has 1 aromatic heterocycles. The van der Waals surface area contributed by atoms with Crippen LogP contribution in [-0.4, -0.2) is 44.9 Å². The van der Waals surface area contributed by atoms with Gasteiger partial charge in [0.25, 0.3) is 0 Å². The molecule has 0 amide bonds. The van der Waals surface area contributed by atoms with Crippen LogP contribution in [0.25, 0.3) is 11.4 Å². The largest absolute Gasteiger partial charge is 0.490 e. The van der Waals surface area contributed by atoms with Crippen molar-refractivity contribution in [2.45, 2.75) is 32.0 Å². The predicted molar refractivity (Wildman–Crippen MR) is 104 cm³/mol. The number of hydrogen-bond acceptors (Lipinski definition) is 6. The quantitative estimate of drug-likeness (QED) is 0.674. The number of rotatable bonds is 4. The van der Waals surface area contributed by atoms with Crippen LogP contribution in [0.3, 0.4) is 0 Å². The zero-order chi connectivity index (χ0) is 19.6. The Hall–Kier alpha value is -3.00. The van der Waals surface area contributed by atoms with Crippen LogP contribution < -0.4 is 9.47 Å². The molecule has 3 aromatic rings. The van der Waals surface area contributed by atoms with Crippen molar-refractivity contribution in [2.75, 3.05) is 19.8 Å². The van der Waals surface area contributed by atoms with Crippen molar-refractivity contribution in [2.24, 2.45) is 0 Å². The Kier molecular flexibility index (Phi) is 4.85. The van der Waals surface area contributed by atoms with Crippen molar-refractivity contribution >= 4 is 0 Å². The topological polar surface area (TPSA) is 65.3 Å². The molecule has 0 aliphatic carbocycles. The zero-order valence-corrected chi connectivity index (χ0v) is 16.0. The minimum atomic E-state index is -0.281. The highest BCUT2D eigenvalue weighted by Crippen LogP contribution is 2.38. The van der Waals surface area contributed by atoms with Crippen LogP contribution in [0.2, 0.25) is 0 Å². The van der Waals surface area contributed by atoms with Gasteiger partial charge in [-0.15, -0.1) is 15.0 Å². The molecule has 29 heavy (non-hydrogen) atoms. The SMILES string of the molecule is Fc1ccc(-c2nnn(CN3CCC[C@@H]3c3ccc4c(c3)OCCCO4)n2)cc1. The molecule has 1 saturated heterocycles. The number of ether oxygens (including phenoxy) is 2. The predicted octanol–water partition coefficient (Wildman–Crippen LogP) is 3.44. The second kappa shape index (κ2) is 7.79. The maximum absolute atomic E-state index is 13.1. The molecule has 2 aliphatic rings. The molecular formula is C21H22FN5O2. The van der Waals surface area contributed by atoms with E-state index in [0.717, 1.165) is 42.9 Å². The summed E-state index contributed by atoms with van der Waals surface area (Å²) in [6.07, 6.45) is 3.08. The molecule has 2 aromatic carbocycles. The highest BCUT2D eigenvalue weighted by atomic mass is 19.1. The van der Waals surface area contributed by atoms with Gasteiger partial charge in [-0.05, 0) is 60.0 Å². The Morgan fingerprint density at radius 1 is 1.00 bits per heavy atom. The van der Waals surface area contributed by atoms with Gasteiger partial charge in [0.2, 0.25) is 5.82 Å². The van der Waals surface area contributed by atoms with Gasteiger partial charge in [0.1, 0.15) is 12.5 Å². The third-order valence-electron chi connectivity index (χ3n) is 5.38. The summed E-state index contributed by atoms with van der Waals surface area (Å²) in [5, 5.41) is 12.8. The van der Waals surface area contributed by atoms with Crippen LogP contribution >= 0.6 is 0 Å². The summed E-state index contributed by atoms with van der Waals surface area (Å²) in [4.78, 5) is 3.94. The van der Waals surface area contributed by atoms with Crippen LogP contribution in [-0.2, 0) is 6.67 Å². The van der Waals surface area contributed by atoms with E-state index in [2.05, 4.69) is 32.4 Å². The molecule has 150 valence electrons. The van der Waals surface area contributed by atoms with E-state index in [1.807, 2.05) is 6.07 Å². The molecule has 5 rings (SSSR count). The van der Waals surface area contributed by atoms with E-state index in [1.54, 1.807) is 16.9 Å².